The van der Waals surface area contributed by atoms with Gasteiger partial charge in [0.05, 0.1) is 0 Å². The number of carboxylic acid groups (broad SMARTS) is 2. The number of carbonyl (C=O) groups excluding carboxylic acids is 1. The molecule has 24 heavy (non-hydrogen) atoms. The molecule has 0 saturated heterocycles. The van der Waals surface area contributed by atoms with Crippen molar-refractivity contribution in [2.24, 2.45) is 5.92 Å². The van der Waals surface area contributed by atoms with Crippen LogP contribution in [0.2, 0.25) is 0 Å². The molecule has 0 fully saturated rings. The summed E-state index contributed by atoms with van der Waals surface area (Å²) in [7, 11) is 0. The number of carboxylic acids is 2. The Labute approximate surface area is 152 Å². The molecule has 2 aromatic rings. The van der Waals surface area contributed by atoms with E-state index in [1.54, 1.807) is 54.6 Å². The summed E-state index contributed by atoms with van der Waals surface area (Å²) in [6, 6.07) is 15.3. The third-order valence-corrected chi connectivity index (χ3v) is 4.45. The molecular weight excluding hydrogens is 423 g/mol. The van der Waals surface area contributed by atoms with E-state index in [1.807, 2.05) is 0 Å². The van der Waals surface area contributed by atoms with Crippen molar-refractivity contribution >= 4 is 40.3 Å². The van der Waals surface area contributed by atoms with E-state index in [2.05, 4.69) is 22.6 Å². The maximum atomic E-state index is 12.5. The second kappa shape index (κ2) is 8.05. The van der Waals surface area contributed by atoms with Crippen LogP contribution in [-0.4, -0.2) is 27.9 Å². The first kappa shape index (κ1) is 18.1. The van der Waals surface area contributed by atoms with Gasteiger partial charge in [-0.05, 0) is 40.3 Å². The second-order valence-electron chi connectivity index (χ2n) is 5.31. The van der Waals surface area contributed by atoms with Crippen LogP contribution in [0.1, 0.15) is 28.3 Å². The van der Waals surface area contributed by atoms with Crippen molar-refractivity contribution in [2.75, 3.05) is 0 Å². The molecule has 2 rings (SSSR count). The Bertz CT molecular complexity index is 726. The average molecular weight is 438 g/mol. The normalized spacial score (nSPS) is 11.9. The molecule has 2 aromatic carbocycles. The summed E-state index contributed by atoms with van der Waals surface area (Å²) in [5, 5.41) is 18.6. The Morgan fingerprint density at radius 2 is 1.42 bits per heavy atom. The fraction of sp³-hybridized carbons (Fsp3) is 0.167. The summed E-state index contributed by atoms with van der Waals surface area (Å²) in [5.74, 6) is -5.81. The van der Waals surface area contributed by atoms with Gasteiger partial charge in [0.1, 0.15) is 0 Å². The maximum Gasteiger partial charge on any atom is 0.318 e. The molecule has 0 bridgehead atoms. The standard InChI is InChI=1S/C18H15IO5/c19-13-8-6-12(7-9-13)15(20)10-14(11-4-2-1-3-5-11)16(17(21)22)18(23)24/h1-9,14,16H,10H2,(H,21,22)(H,23,24). The summed E-state index contributed by atoms with van der Waals surface area (Å²) < 4.78 is 0.970. The summed E-state index contributed by atoms with van der Waals surface area (Å²) >= 11 is 2.12. The van der Waals surface area contributed by atoms with Crippen LogP contribution in [0.5, 0.6) is 0 Å². The third-order valence-electron chi connectivity index (χ3n) is 3.73. The second-order valence-corrected chi connectivity index (χ2v) is 6.55. The molecule has 0 saturated carbocycles. The van der Waals surface area contributed by atoms with Gasteiger partial charge >= 0.3 is 11.9 Å². The highest BCUT2D eigenvalue weighted by molar-refractivity contribution is 14.1. The number of benzene rings is 2. The lowest BCUT2D eigenvalue weighted by Gasteiger charge is -2.21. The van der Waals surface area contributed by atoms with E-state index in [1.165, 1.54) is 0 Å². The van der Waals surface area contributed by atoms with Crippen LogP contribution in [0.4, 0.5) is 0 Å². The quantitative estimate of drug-likeness (QED) is 0.393. The summed E-state index contributed by atoms with van der Waals surface area (Å²) in [4.78, 5) is 35.4. The molecular formula is C18H15IO5. The summed E-state index contributed by atoms with van der Waals surface area (Å²) in [5.41, 5.74) is 0.956. The third kappa shape index (κ3) is 4.41. The monoisotopic (exact) mass is 438 g/mol. The number of hydrogen-bond donors (Lipinski definition) is 2. The van der Waals surface area contributed by atoms with Crippen molar-refractivity contribution in [2.45, 2.75) is 12.3 Å². The van der Waals surface area contributed by atoms with E-state index < -0.39 is 23.8 Å². The smallest absolute Gasteiger partial charge is 0.318 e. The van der Waals surface area contributed by atoms with Crippen LogP contribution in [-0.2, 0) is 9.59 Å². The van der Waals surface area contributed by atoms with Gasteiger partial charge in [0, 0.05) is 21.5 Å². The van der Waals surface area contributed by atoms with Gasteiger partial charge in [-0.25, -0.2) is 0 Å². The van der Waals surface area contributed by atoms with Gasteiger partial charge in [0.25, 0.3) is 0 Å². The van der Waals surface area contributed by atoms with E-state index in [-0.39, 0.29) is 12.2 Å². The molecule has 1 unspecified atom stereocenters. The molecule has 5 nitrogen and oxygen atoms in total. The molecule has 0 heterocycles. The molecule has 0 aromatic heterocycles. The first-order valence-corrected chi connectivity index (χ1v) is 8.27. The molecule has 0 aliphatic carbocycles. The highest BCUT2D eigenvalue weighted by Crippen LogP contribution is 2.30. The number of Topliss-reactive ketones (excluding diaryl/α,β-unsaturated/α-hetero) is 1. The first-order chi connectivity index (χ1) is 11.4. The fourth-order valence-electron chi connectivity index (χ4n) is 2.53. The maximum absolute atomic E-state index is 12.5. The predicted molar refractivity (Wildman–Crippen MR) is 96.1 cm³/mol. The van der Waals surface area contributed by atoms with Crippen LogP contribution < -0.4 is 0 Å². The van der Waals surface area contributed by atoms with Gasteiger partial charge in [-0.2, -0.15) is 0 Å². The van der Waals surface area contributed by atoms with Gasteiger partial charge in [-0.3, -0.25) is 14.4 Å². The molecule has 1 atom stereocenters. The first-order valence-electron chi connectivity index (χ1n) is 7.19. The highest BCUT2D eigenvalue weighted by atomic mass is 127. The number of carbonyl (C=O) groups is 3. The molecule has 0 spiro atoms. The zero-order valence-corrected chi connectivity index (χ0v) is 14.7. The van der Waals surface area contributed by atoms with E-state index in [4.69, 9.17) is 0 Å². The lowest BCUT2D eigenvalue weighted by Crippen LogP contribution is -2.31. The van der Waals surface area contributed by atoms with Crippen molar-refractivity contribution in [3.63, 3.8) is 0 Å². The van der Waals surface area contributed by atoms with Crippen molar-refractivity contribution in [1.29, 1.82) is 0 Å². The Morgan fingerprint density at radius 1 is 0.875 bits per heavy atom. The van der Waals surface area contributed by atoms with E-state index in [0.717, 1.165) is 3.57 Å². The molecule has 6 heteroatoms. The van der Waals surface area contributed by atoms with Gasteiger partial charge in [0.2, 0.25) is 0 Å². The summed E-state index contributed by atoms with van der Waals surface area (Å²) in [6.45, 7) is 0. The molecule has 0 radical (unpaired) electrons. The Kier molecular flexibility index (Phi) is 6.08. The molecule has 0 aliphatic rings. The molecule has 2 N–H and O–H groups in total. The Hall–Kier alpha value is -2.22. The van der Waals surface area contributed by atoms with Crippen molar-refractivity contribution < 1.29 is 24.6 Å². The number of halogens is 1. The Balaban J connectivity index is 2.35. The van der Waals surface area contributed by atoms with Gasteiger partial charge in [-0.15, -0.1) is 0 Å². The zero-order valence-electron chi connectivity index (χ0n) is 12.6. The van der Waals surface area contributed by atoms with Crippen LogP contribution in [0, 0.1) is 9.49 Å². The number of ketones is 1. The van der Waals surface area contributed by atoms with Crippen LogP contribution in [0.15, 0.2) is 54.6 Å². The van der Waals surface area contributed by atoms with Crippen LogP contribution in [0.3, 0.4) is 0 Å². The SMILES string of the molecule is O=C(CC(c1ccccc1)C(C(=O)O)C(=O)O)c1ccc(I)cc1. The minimum absolute atomic E-state index is 0.187. The number of aliphatic carboxylic acids is 2. The predicted octanol–water partition coefficient (Wildman–Crippen LogP) is 3.43. The zero-order chi connectivity index (χ0) is 17.7. The number of hydrogen-bond acceptors (Lipinski definition) is 3. The van der Waals surface area contributed by atoms with E-state index in [0.29, 0.717) is 11.1 Å². The Morgan fingerprint density at radius 3 is 1.92 bits per heavy atom. The van der Waals surface area contributed by atoms with Crippen LogP contribution in [0.25, 0.3) is 0 Å². The van der Waals surface area contributed by atoms with Crippen LogP contribution >= 0.6 is 22.6 Å². The highest BCUT2D eigenvalue weighted by Gasteiger charge is 2.37. The van der Waals surface area contributed by atoms with Crippen molar-refractivity contribution in [1.82, 2.24) is 0 Å². The minimum Gasteiger partial charge on any atom is -0.481 e. The number of rotatable bonds is 7. The van der Waals surface area contributed by atoms with Gasteiger partial charge < -0.3 is 10.2 Å². The fourth-order valence-corrected chi connectivity index (χ4v) is 2.89. The molecule has 124 valence electrons. The lowest BCUT2D eigenvalue weighted by molar-refractivity contribution is -0.155. The van der Waals surface area contributed by atoms with Gasteiger partial charge in [0.15, 0.2) is 11.7 Å². The largest absolute Gasteiger partial charge is 0.481 e. The van der Waals surface area contributed by atoms with Gasteiger partial charge in [-0.1, -0.05) is 42.5 Å². The van der Waals surface area contributed by atoms with E-state index in [9.17, 15) is 24.6 Å². The average Bonchev–Trinajstić information content (AvgIpc) is 2.55. The molecule has 0 amide bonds. The molecule has 0 aliphatic heterocycles. The summed E-state index contributed by atoms with van der Waals surface area (Å²) in [6.07, 6.45) is -0.187. The van der Waals surface area contributed by atoms with Crippen molar-refractivity contribution in [3.8, 4) is 0 Å². The van der Waals surface area contributed by atoms with Crippen molar-refractivity contribution in [3.05, 3.63) is 69.3 Å². The lowest BCUT2D eigenvalue weighted by atomic mass is 9.81. The van der Waals surface area contributed by atoms with E-state index >= 15 is 0 Å². The topological polar surface area (TPSA) is 91.7 Å². The minimum atomic E-state index is -1.68.